The minimum atomic E-state index is 0.354. The molecule has 0 radical (unpaired) electrons. The van der Waals surface area contributed by atoms with Gasteiger partial charge in [0.25, 0.3) is 0 Å². The molecule has 1 aliphatic rings. The van der Waals surface area contributed by atoms with Gasteiger partial charge in [0.2, 0.25) is 0 Å². The van der Waals surface area contributed by atoms with Gasteiger partial charge in [0, 0.05) is 12.0 Å². The van der Waals surface area contributed by atoms with Crippen LogP contribution < -0.4 is 0 Å². The Kier molecular flexibility index (Phi) is 3.98. The van der Waals surface area contributed by atoms with Crippen LogP contribution in [0, 0.1) is 19.8 Å². The highest BCUT2D eigenvalue weighted by Gasteiger charge is 2.19. The van der Waals surface area contributed by atoms with Gasteiger partial charge in [-0.05, 0) is 30.9 Å². The van der Waals surface area contributed by atoms with Gasteiger partial charge in [0.1, 0.15) is 0 Å². The first-order valence-corrected chi connectivity index (χ1v) is 6.78. The van der Waals surface area contributed by atoms with E-state index in [1.807, 2.05) is 32.0 Å². The predicted octanol–water partition coefficient (Wildman–Crippen LogP) is 4.46. The predicted molar refractivity (Wildman–Crippen MR) is 71.4 cm³/mol. The van der Waals surface area contributed by atoms with Gasteiger partial charge in [-0.25, -0.2) is 0 Å². The molecular formula is C16H22O. The molecule has 17 heavy (non-hydrogen) atoms. The number of carbonyl (C=O) groups excluding carboxylic acids is 1. The Morgan fingerprint density at radius 2 is 1.71 bits per heavy atom. The van der Waals surface area contributed by atoms with Crippen molar-refractivity contribution >= 4 is 5.78 Å². The quantitative estimate of drug-likeness (QED) is 0.701. The van der Waals surface area contributed by atoms with Crippen molar-refractivity contribution in [3.8, 4) is 0 Å². The van der Waals surface area contributed by atoms with Gasteiger partial charge in [0.15, 0.2) is 5.78 Å². The van der Waals surface area contributed by atoms with Gasteiger partial charge >= 0.3 is 0 Å². The fourth-order valence-electron chi connectivity index (χ4n) is 3.01. The standard InChI is InChI=1S/C16H22O/c1-12-7-6-8-13(2)16(12)15(17)11-14-9-4-3-5-10-14/h6-8,14H,3-5,9-11H2,1-2H3. The van der Waals surface area contributed by atoms with Crippen molar-refractivity contribution < 1.29 is 4.79 Å². The monoisotopic (exact) mass is 230 g/mol. The Bertz CT molecular complexity index is 380. The second-order valence-electron chi connectivity index (χ2n) is 5.40. The molecule has 1 saturated carbocycles. The molecule has 1 nitrogen and oxygen atoms in total. The summed E-state index contributed by atoms with van der Waals surface area (Å²) in [6.45, 7) is 4.09. The average Bonchev–Trinajstić information content (AvgIpc) is 2.30. The highest BCUT2D eigenvalue weighted by atomic mass is 16.1. The van der Waals surface area contributed by atoms with Crippen LogP contribution in [0.2, 0.25) is 0 Å². The van der Waals surface area contributed by atoms with Crippen LogP contribution in [0.4, 0.5) is 0 Å². The Labute approximate surface area is 104 Å². The number of hydrogen-bond donors (Lipinski definition) is 0. The number of ketones is 1. The Balaban J connectivity index is 2.08. The van der Waals surface area contributed by atoms with E-state index in [2.05, 4.69) is 0 Å². The molecule has 0 unspecified atom stereocenters. The van der Waals surface area contributed by atoms with Gasteiger partial charge in [-0.1, -0.05) is 50.3 Å². The van der Waals surface area contributed by atoms with E-state index in [1.54, 1.807) is 0 Å². The summed E-state index contributed by atoms with van der Waals surface area (Å²) in [5.41, 5.74) is 3.23. The molecule has 0 spiro atoms. The van der Waals surface area contributed by atoms with Crippen LogP contribution in [0.25, 0.3) is 0 Å². The minimum Gasteiger partial charge on any atom is -0.294 e. The first-order chi connectivity index (χ1) is 8.18. The molecule has 1 aromatic rings. The second kappa shape index (κ2) is 5.48. The maximum Gasteiger partial charge on any atom is 0.163 e. The van der Waals surface area contributed by atoms with Crippen molar-refractivity contribution in [2.45, 2.75) is 52.4 Å². The van der Waals surface area contributed by atoms with E-state index in [9.17, 15) is 4.79 Å². The zero-order chi connectivity index (χ0) is 12.3. The maximum atomic E-state index is 12.4. The van der Waals surface area contributed by atoms with Gasteiger partial charge in [-0.2, -0.15) is 0 Å². The van der Waals surface area contributed by atoms with E-state index in [1.165, 1.54) is 32.1 Å². The summed E-state index contributed by atoms with van der Waals surface area (Å²) >= 11 is 0. The lowest BCUT2D eigenvalue weighted by Crippen LogP contribution is -2.14. The SMILES string of the molecule is Cc1cccc(C)c1C(=O)CC1CCCCC1. The van der Waals surface area contributed by atoms with E-state index in [4.69, 9.17) is 0 Å². The van der Waals surface area contributed by atoms with Crippen LogP contribution in [0.3, 0.4) is 0 Å². The molecule has 0 bridgehead atoms. The van der Waals surface area contributed by atoms with Gasteiger partial charge in [-0.3, -0.25) is 4.79 Å². The molecule has 0 atom stereocenters. The Hall–Kier alpha value is -1.11. The van der Waals surface area contributed by atoms with E-state index in [0.717, 1.165) is 23.1 Å². The van der Waals surface area contributed by atoms with Crippen molar-refractivity contribution in [3.63, 3.8) is 0 Å². The first kappa shape index (κ1) is 12.3. The fraction of sp³-hybridized carbons (Fsp3) is 0.562. The molecule has 0 aromatic heterocycles. The molecule has 0 heterocycles. The summed E-state index contributed by atoms with van der Waals surface area (Å²) in [6.07, 6.45) is 7.22. The second-order valence-corrected chi connectivity index (χ2v) is 5.40. The summed E-state index contributed by atoms with van der Waals surface area (Å²) < 4.78 is 0. The Morgan fingerprint density at radius 1 is 1.12 bits per heavy atom. The lowest BCUT2D eigenvalue weighted by molar-refractivity contribution is 0.0949. The molecule has 0 N–H and O–H groups in total. The first-order valence-electron chi connectivity index (χ1n) is 6.78. The number of hydrogen-bond acceptors (Lipinski definition) is 1. The number of benzene rings is 1. The highest BCUT2D eigenvalue weighted by molar-refractivity contribution is 5.98. The van der Waals surface area contributed by atoms with Gasteiger partial charge in [-0.15, -0.1) is 0 Å². The van der Waals surface area contributed by atoms with Crippen LogP contribution in [0.15, 0.2) is 18.2 Å². The number of Topliss-reactive ketones (excluding diaryl/α,β-unsaturated/α-hetero) is 1. The summed E-state index contributed by atoms with van der Waals surface area (Å²) in [7, 11) is 0. The third kappa shape index (κ3) is 2.96. The van der Waals surface area contributed by atoms with E-state index >= 15 is 0 Å². The van der Waals surface area contributed by atoms with E-state index in [-0.39, 0.29) is 0 Å². The van der Waals surface area contributed by atoms with Crippen molar-refractivity contribution in [1.29, 1.82) is 0 Å². The van der Waals surface area contributed by atoms with E-state index < -0.39 is 0 Å². The van der Waals surface area contributed by atoms with Crippen LogP contribution >= 0.6 is 0 Å². The van der Waals surface area contributed by atoms with Crippen molar-refractivity contribution in [1.82, 2.24) is 0 Å². The van der Waals surface area contributed by atoms with E-state index in [0.29, 0.717) is 11.7 Å². The third-order valence-corrected chi connectivity index (χ3v) is 3.96. The van der Waals surface area contributed by atoms with Crippen molar-refractivity contribution in [3.05, 3.63) is 34.9 Å². The van der Waals surface area contributed by atoms with Crippen LogP contribution in [-0.2, 0) is 0 Å². The molecular weight excluding hydrogens is 208 g/mol. The lowest BCUT2D eigenvalue weighted by Gasteiger charge is -2.21. The van der Waals surface area contributed by atoms with Crippen LogP contribution in [-0.4, -0.2) is 5.78 Å². The highest BCUT2D eigenvalue weighted by Crippen LogP contribution is 2.28. The number of rotatable bonds is 3. The largest absolute Gasteiger partial charge is 0.294 e. The van der Waals surface area contributed by atoms with Gasteiger partial charge < -0.3 is 0 Å². The molecule has 0 saturated heterocycles. The summed E-state index contributed by atoms with van der Waals surface area (Å²) in [5.74, 6) is 0.989. The molecule has 1 fully saturated rings. The number of carbonyl (C=O) groups is 1. The molecule has 1 heteroatoms. The fourth-order valence-corrected chi connectivity index (χ4v) is 3.01. The van der Waals surface area contributed by atoms with Crippen molar-refractivity contribution in [2.24, 2.45) is 5.92 Å². The number of aryl methyl sites for hydroxylation is 2. The molecule has 0 amide bonds. The summed E-state index contributed by atoms with van der Waals surface area (Å²) in [5, 5.41) is 0. The molecule has 0 aliphatic heterocycles. The van der Waals surface area contributed by atoms with Crippen LogP contribution in [0.5, 0.6) is 0 Å². The average molecular weight is 230 g/mol. The summed E-state index contributed by atoms with van der Waals surface area (Å²) in [4.78, 5) is 12.4. The zero-order valence-corrected chi connectivity index (χ0v) is 11.0. The zero-order valence-electron chi connectivity index (χ0n) is 11.0. The van der Waals surface area contributed by atoms with Crippen LogP contribution in [0.1, 0.15) is 60.0 Å². The van der Waals surface area contributed by atoms with Crippen molar-refractivity contribution in [2.75, 3.05) is 0 Å². The molecule has 1 aromatic carbocycles. The molecule has 92 valence electrons. The normalized spacial score (nSPS) is 17.1. The maximum absolute atomic E-state index is 12.4. The minimum absolute atomic E-state index is 0.354. The molecule has 1 aliphatic carbocycles. The topological polar surface area (TPSA) is 17.1 Å². The Morgan fingerprint density at radius 3 is 2.29 bits per heavy atom. The smallest absolute Gasteiger partial charge is 0.163 e. The molecule has 2 rings (SSSR count). The van der Waals surface area contributed by atoms with Gasteiger partial charge in [0.05, 0.1) is 0 Å². The third-order valence-electron chi connectivity index (χ3n) is 3.96. The summed E-state index contributed by atoms with van der Waals surface area (Å²) in [6, 6.07) is 6.12. The lowest BCUT2D eigenvalue weighted by atomic mass is 9.83.